The standard InChI is InChI=1S/C15H21BrN2/c16-13-4-6-14(7-5-13)18-11-8-15(12-18)17-9-2-1-3-10-17/h4-7,15H,1-3,8-12H2. The number of rotatable bonds is 2. The van der Waals surface area contributed by atoms with Crippen molar-refractivity contribution < 1.29 is 0 Å². The molecule has 3 heteroatoms. The number of hydrogen-bond donors (Lipinski definition) is 0. The summed E-state index contributed by atoms with van der Waals surface area (Å²) in [6, 6.07) is 9.52. The number of anilines is 1. The first kappa shape index (κ1) is 12.5. The van der Waals surface area contributed by atoms with E-state index in [1.807, 2.05) is 0 Å². The summed E-state index contributed by atoms with van der Waals surface area (Å²) in [5.41, 5.74) is 1.37. The smallest absolute Gasteiger partial charge is 0.0367 e. The van der Waals surface area contributed by atoms with Gasteiger partial charge in [-0.2, -0.15) is 0 Å². The van der Waals surface area contributed by atoms with E-state index in [0.29, 0.717) is 0 Å². The van der Waals surface area contributed by atoms with Gasteiger partial charge in [0, 0.05) is 29.3 Å². The van der Waals surface area contributed by atoms with Crippen molar-refractivity contribution in [2.75, 3.05) is 31.1 Å². The highest BCUT2D eigenvalue weighted by Gasteiger charge is 2.28. The minimum Gasteiger partial charge on any atom is -0.370 e. The largest absolute Gasteiger partial charge is 0.370 e. The number of halogens is 1. The summed E-state index contributed by atoms with van der Waals surface area (Å²) in [5, 5.41) is 0. The Hall–Kier alpha value is -0.540. The zero-order chi connectivity index (χ0) is 12.4. The van der Waals surface area contributed by atoms with Gasteiger partial charge in [0.15, 0.2) is 0 Å². The van der Waals surface area contributed by atoms with Crippen LogP contribution in [0, 0.1) is 0 Å². The van der Waals surface area contributed by atoms with Crippen LogP contribution in [-0.4, -0.2) is 37.1 Å². The van der Waals surface area contributed by atoms with E-state index in [1.165, 1.54) is 57.5 Å². The fourth-order valence-electron chi connectivity index (χ4n) is 3.21. The van der Waals surface area contributed by atoms with Crippen LogP contribution in [0.25, 0.3) is 0 Å². The van der Waals surface area contributed by atoms with Gasteiger partial charge in [-0.1, -0.05) is 22.4 Å². The molecule has 1 atom stereocenters. The third kappa shape index (κ3) is 2.72. The van der Waals surface area contributed by atoms with Crippen LogP contribution in [0.1, 0.15) is 25.7 Å². The lowest BCUT2D eigenvalue weighted by Crippen LogP contribution is -2.40. The second-order valence-electron chi connectivity index (χ2n) is 5.46. The molecule has 2 fully saturated rings. The Morgan fingerprint density at radius 3 is 2.39 bits per heavy atom. The molecule has 2 nitrogen and oxygen atoms in total. The summed E-state index contributed by atoms with van der Waals surface area (Å²) in [6.07, 6.45) is 5.55. The van der Waals surface area contributed by atoms with Crippen molar-refractivity contribution in [2.24, 2.45) is 0 Å². The molecule has 3 rings (SSSR count). The second-order valence-corrected chi connectivity index (χ2v) is 6.38. The van der Waals surface area contributed by atoms with Gasteiger partial charge in [0.1, 0.15) is 0 Å². The molecule has 2 heterocycles. The average molecular weight is 309 g/mol. The predicted octanol–water partition coefficient (Wildman–Crippen LogP) is 3.51. The van der Waals surface area contributed by atoms with Crippen molar-refractivity contribution in [1.82, 2.24) is 4.90 Å². The van der Waals surface area contributed by atoms with Crippen LogP contribution >= 0.6 is 15.9 Å². The molecular formula is C15H21BrN2. The zero-order valence-corrected chi connectivity index (χ0v) is 12.4. The van der Waals surface area contributed by atoms with Gasteiger partial charge in [0.2, 0.25) is 0 Å². The van der Waals surface area contributed by atoms with Crippen molar-refractivity contribution in [1.29, 1.82) is 0 Å². The molecule has 1 aromatic rings. The first-order valence-corrected chi connectivity index (χ1v) is 7.87. The number of benzene rings is 1. The van der Waals surface area contributed by atoms with Crippen LogP contribution < -0.4 is 4.90 Å². The lowest BCUT2D eigenvalue weighted by Gasteiger charge is -2.32. The summed E-state index contributed by atoms with van der Waals surface area (Å²) < 4.78 is 1.16. The highest BCUT2D eigenvalue weighted by Crippen LogP contribution is 2.26. The topological polar surface area (TPSA) is 6.48 Å². The van der Waals surface area contributed by atoms with E-state index >= 15 is 0 Å². The maximum absolute atomic E-state index is 3.50. The zero-order valence-electron chi connectivity index (χ0n) is 10.8. The van der Waals surface area contributed by atoms with Gasteiger partial charge in [-0.25, -0.2) is 0 Å². The molecule has 0 bridgehead atoms. The van der Waals surface area contributed by atoms with E-state index in [1.54, 1.807) is 0 Å². The Morgan fingerprint density at radius 2 is 1.67 bits per heavy atom. The number of hydrogen-bond acceptors (Lipinski definition) is 2. The van der Waals surface area contributed by atoms with Crippen molar-refractivity contribution in [3.63, 3.8) is 0 Å². The van der Waals surface area contributed by atoms with E-state index in [0.717, 1.165) is 10.5 Å². The van der Waals surface area contributed by atoms with Crippen molar-refractivity contribution in [2.45, 2.75) is 31.7 Å². The summed E-state index contributed by atoms with van der Waals surface area (Å²) in [5.74, 6) is 0. The molecule has 1 aromatic carbocycles. The Morgan fingerprint density at radius 1 is 0.944 bits per heavy atom. The van der Waals surface area contributed by atoms with Crippen LogP contribution in [0.4, 0.5) is 5.69 Å². The Bertz CT molecular complexity index is 384. The van der Waals surface area contributed by atoms with Gasteiger partial charge in [-0.15, -0.1) is 0 Å². The molecule has 2 aliphatic heterocycles. The maximum atomic E-state index is 3.50. The minimum atomic E-state index is 0.786. The first-order chi connectivity index (χ1) is 8.83. The van der Waals surface area contributed by atoms with Crippen LogP contribution in [0.5, 0.6) is 0 Å². The van der Waals surface area contributed by atoms with Crippen molar-refractivity contribution >= 4 is 21.6 Å². The van der Waals surface area contributed by atoms with Crippen molar-refractivity contribution in [3.8, 4) is 0 Å². The monoisotopic (exact) mass is 308 g/mol. The molecule has 18 heavy (non-hydrogen) atoms. The SMILES string of the molecule is Brc1ccc(N2CCC(N3CCCCC3)C2)cc1. The molecular weight excluding hydrogens is 288 g/mol. The quantitative estimate of drug-likeness (QED) is 0.825. The third-order valence-electron chi connectivity index (χ3n) is 4.26. The fourth-order valence-corrected chi connectivity index (χ4v) is 3.47. The highest BCUT2D eigenvalue weighted by molar-refractivity contribution is 9.10. The fraction of sp³-hybridized carbons (Fsp3) is 0.600. The average Bonchev–Trinajstić information content (AvgIpc) is 2.90. The predicted molar refractivity (Wildman–Crippen MR) is 80.2 cm³/mol. The van der Waals surface area contributed by atoms with Crippen LogP contribution in [0.2, 0.25) is 0 Å². The van der Waals surface area contributed by atoms with Crippen molar-refractivity contribution in [3.05, 3.63) is 28.7 Å². The molecule has 0 amide bonds. The third-order valence-corrected chi connectivity index (χ3v) is 4.79. The molecule has 0 aliphatic carbocycles. The van der Waals surface area contributed by atoms with Crippen LogP contribution in [0.3, 0.4) is 0 Å². The first-order valence-electron chi connectivity index (χ1n) is 7.07. The van der Waals surface area contributed by atoms with E-state index in [9.17, 15) is 0 Å². The van der Waals surface area contributed by atoms with Gasteiger partial charge in [-0.05, 0) is 56.6 Å². The molecule has 0 N–H and O–H groups in total. The van der Waals surface area contributed by atoms with Gasteiger partial charge in [0.25, 0.3) is 0 Å². The number of nitrogens with zero attached hydrogens (tertiary/aromatic N) is 2. The lowest BCUT2D eigenvalue weighted by molar-refractivity contribution is 0.175. The molecule has 2 aliphatic rings. The number of piperidine rings is 1. The maximum Gasteiger partial charge on any atom is 0.0367 e. The summed E-state index contributed by atoms with van der Waals surface area (Å²) >= 11 is 3.50. The molecule has 1 unspecified atom stereocenters. The molecule has 2 saturated heterocycles. The normalized spacial score (nSPS) is 25.6. The van der Waals surface area contributed by atoms with E-state index in [-0.39, 0.29) is 0 Å². The van der Waals surface area contributed by atoms with Crippen LogP contribution in [-0.2, 0) is 0 Å². The summed E-state index contributed by atoms with van der Waals surface area (Å²) in [6.45, 7) is 5.06. The van der Waals surface area contributed by atoms with E-state index in [2.05, 4.69) is 50.0 Å². The minimum absolute atomic E-state index is 0.786. The number of likely N-dealkylation sites (tertiary alicyclic amines) is 1. The molecule has 0 aromatic heterocycles. The summed E-state index contributed by atoms with van der Waals surface area (Å²) in [4.78, 5) is 5.24. The second kappa shape index (κ2) is 5.62. The Balaban J connectivity index is 1.62. The van der Waals surface area contributed by atoms with Gasteiger partial charge in [-0.3, -0.25) is 4.90 Å². The molecule has 98 valence electrons. The lowest BCUT2D eigenvalue weighted by atomic mass is 10.1. The van der Waals surface area contributed by atoms with Gasteiger partial charge >= 0.3 is 0 Å². The van der Waals surface area contributed by atoms with E-state index in [4.69, 9.17) is 0 Å². The Labute approximate surface area is 118 Å². The summed E-state index contributed by atoms with van der Waals surface area (Å²) in [7, 11) is 0. The molecule has 0 radical (unpaired) electrons. The van der Waals surface area contributed by atoms with E-state index < -0.39 is 0 Å². The molecule has 0 saturated carbocycles. The van der Waals surface area contributed by atoms with Gasteiger partial charge in [0.05, 0.1) is 0 Å². The highest BCUT2D eigenvalue weighted by atomic mass is 79.9. The van der Waals surface area contributed by atoms with Gasteiger partial charge < -0.3 is 4.90 Å². The van der Waals surface area contributed by atoms with Crippen LogP contribution in [0.15, 0.2) is 28.7 Å². The Kier molecular flexibility index (Phi) is 3.90. The molecule has 0 spiro atoms.